The third kappa shape index (κ3) is 4.84. The first-order chi connectivity index (χ1) is 16.2. The number of aliphatic hydroxyl groups excluding tert-OH is 1. The minimum absolute atomic E-state index is 0.0274. The van der Waals surface area contributed by atoms with Crippen molar-refractivity contribution in [2.75, 3.05) is 13.2 Å². The predicted molar refractivity (Wildman–Crippen MR) is 116 cm³/mol. The number of fused-ring (bicyclic) bond motifs is 3. The Morgan fingerprint density at radius 1 is 1.11 bits per heavy atom. The number of ether oxygens (including phenoxy) is 4. The molecule has 0 spiro atoms. The van der Waals surface area contributed by atoms with Gasteiger partial charge in [-0.05, 0) is 19.4 Å². The highest BCUT2D eigenvalue weighted by Gasteiger charge is 2.71. The van der Waals surface area contributed by atoms with Crippen LogP contribution in [0.4, 0.5) is 0 Å². The Bertz CT molecular complexity index is 955. The minimum Gasteiger partial charge on any atom is -0.462 e. The van der Waals surface area contributed by atoms with Gasteiger partial charge in [0.2, 0.25) is 5.60 Å². The van der Waals surface area contributed by atoms with Gasteiger partial charge >= 0.3 is 23.9 Å². The van der Waals surface area contributed by atoms with E-state index in [1.807, 2.05) is 0 Å². The summed E-state index contributed by atoms with van der Waals surface area (Å²) in [6.07, 6.45) is -1.99. The van der Waals surface area contributed by atoms with Gasteiger partial charge in [-0.1, -0.05) is 13.8 Å². The summed E-state index contributed by atoms with van der Waals surface area (Å²) in [5.74, 6) is -5.71. The van der Waals surface area contributed by atoms with Crippen molar-refractivity contribution in [3.63, 3.8) is 0 Å². The van der Waals surface area contributed by atoms with E-state index in [0.29, 0.717) is 0 Å². The maximum atomic E-state index is 12.9. The van der Waals surface area contributed by atoms with Crippen LogP contribution in [0.15, 0.2) is 11.6 Å². The van der Waals surface area contributed by atoms with E-state index in [9.17, 15) is 34.2 Å². The molecule has 2 N–H and O–H groups in total. The molecule has 35 heavy (non-hydrogen) atoms. The zero-order valence-electron chi connectivity index (χ0n) is 20.4. The Morgan fingerprint density at radius 3 is 2.34 bits per heavy atom. The van der Waals surface area contributed by atoms with Crippen LogP contribution in [0.1, 0.15) is 47.5 Å². The van der Waals surface area contributed by atoms with Crippen LogP contribution in [0.2, 0.25) is 0 Å². The zero-order valence-corrected chi connectivity index (χ0v) is 20.4. The molecule has 0 radical (unpaired) electrons. The molecule has 1 saturated heterocycles. The van der Waals surface area contributed by atoms with Gasteiger partial charge in [0.1, 0.15) is 31.2 Å². The van der Waals surface area contributed by atoms with E-state index in [-0.39, 0.29) is 30.8 Å². The molecule has 11 nitrogen and oxygen atoms in total. The second kappa shape index (κ2) is 9.69. The SMILES string of the molecule is CC(=O)OCC=C(C)C(=O)OC1CC2(C)C(O)CC(=O)C(C)C2C2OC(=O)C(O)(COC(C)=O)C12. The van der Waals surface area contributed by atoms with Gasteiger partial charge in [0.15, 0.2) is 0 Å². The largest absolute Gasteiger partial charge is 0.462 e. The average molecular weight is 497 g/mol. The summed E-state index contributed by atoms with van der Waals surface area (Å²) in [6, 6.07) is 0. The van der Waals surface area contributed by atoms with Crippen LogP contribution >= 0.6 is 0 Å². The smallest absolute Gasteiger partial charge is 0.342 e. The van der Waals surface area contributed by atoms with Crippen molar-refractivity contribution in [2.24, 2.45) is 23.2 Å². The van der Waals surface area contributed by atoms with Crippen LogP contribution < -0.4 is 0 Å². The molecular formula is C24H32O11. The van der Waals surface area contributed by atoms with Crippen molar-refractivity contribution in [1.29, 1.82) is 0 Å². The quantitative estimate of drug-likeness (QED) is 0.294. The topological polar surface area (TPSA) is 163 Å². The average Bonchev–Trinajstić information content (AvgIpc) is 3.01. The number of hydrogen-bond acceptors (Lipinski definition) is 11. The first-order valence-corrected chi connectivity index (χ1v) is 11.5. The highest BCUT2D eigenvalue weighted by molar-refractivity contribution is 5.88. The summed E-state index contributed by atoms with van der Waals surface area (Å²) < 4.78 is 21.0. The number of carbonyl (C=O) groups is 5. The Balaban J connectivity index is 1.98. The zero-order chi connectivity index (χ0) is 26.3. The number of hydrogen-bond donors (Lipinski definition) is 2. The maximum absolute atomic E-state index is 12.9. The molecule has 0 amide bonds. The molecule has 0 bridgehead atoms. The Kier molecular flexibility index (Phi) is 7.42. The molecule has 2 aliphatic carbocycles. The van der Waals surface area contributed by atoms with E-state index in [0.717, 1.165) is 6.92 Å². The molecule has 3 rings (SSSR count). The van der Waals surface area contributed by atoms with Gasteiger partial charge in [0.25, 0.3) is 0 Å². The van der Waals surface area contributed by atoms with E-state index in [1.54, 1.807) is 13.8 Å². The highest BCUT2D eigenvalue weighted by Crippen LogP contribution is 2.58. The van der Waals surface area contributed by atoms with Gasteiger partial charge < -0.3 is 29.2 Å². The maximum Gasteiger partial charge on any atom is 0.342 e. The van der Waals surface area contributed by atoms with Crippen LogP contribution in [0.3, 0.4) is 0 Å². The van der Waals surface area contributed by atoms with Crippen molar-refractivity contribution >= 4 is 29.7 Å². The Labute approximate surface area is 202 Å². The van der Waals surface area contributed by atoms with Gasteiger partial charge in [-0.25, -0.2) is 9.59 Å². The lowest BCUT2D eigenvalue weighted by atomic mass is 9.50. The molecule has 1 heterocycles. The molecule has 8 unspecified atom stereocenters. The van der Waals surface area contributed by atoms with Crippen molar-refractivity contribution in [1.82, 2.24) is 0 Å². The van der Waals surface area contributed by atoms with E-state index < -0.39 is 77.6 Å². The van der Waals surface area contributed by atoms with Gasteiger partial charge in [-0.3, -0.25) is 14.4 Å². The second-order valence-electron chi connectivity index (χ2n) is 9.94. The Morgan fingerprint density at radius 2 is 1.74 bits per heavy atom. The minimum atomic E-state index is -2.32. The fourth-order valence-electron chi connectivity index (χ4n) is 5.70. The van der Waals surface area contributed by atoms with E-state index in [1.165, 1.54) is 19.9 Å². The molecule has 194 valence electrons. The molecule has 3 fully saturated rings. The summed E-state index contributed by atoms with van der Waals surface area (Å²) in [7, 11) is 0. The molecule has 3 aliphatic rings. The summed E-state index contributed by atoms with van der Waals surface area (Å²) in [6.45, 7) is 6.35. The predicted octanol–water partition coefficient (Wildman–Crippen LogP) is 0.239. The summed E-state index contributed by atoms with van der Waals surface area (Å²) in [5.41, 5.74) is -3.16. The lowest BCUT2D eigenvalue weighted by molar-refractivity contribution is -0.206. The molecule has 2 saturated carbocycles. The van der Waals surface area contributed by atoms with Crippen molar-refractivity contribution in [3.8, 4) is 0 Å². The van der Waals surface area contributed by atoms with Crippen LogP contribution in [0.25, 0.3) is 0 Å². The molecule has 0 aromatic rings. The van der Waals surface area contributed by atoms with Gasteiger partial charge in [0.05, 0.1) is 12.0 Å². The van der Waals surface area contributed by atoms with E-state index in [2.05, 4.69) is 0 Å². The van der Waals surface area contributed by atoms with Gasteiger partial charge in [0, 0.05) is 43.1 Å². The summed E-state index contributed by atoms with van der Waals surface area (Å²) in [5, 5.41) is 22.2. The number of esters is 4. The molecule has 1 aliphatic heterocycles. The third-order valence-corrected chi connectivity index (χ3v) is 7.61. The monoisotopic (exact) mass is 496 g/mol. The third-order valence-electron chi connectivity index (χ3n) is 7.61. The fraction of sp³-hybridized carbons (Fsp3) is 0.708. The Hall–Kier alpha value is -2.79. The van der Waals surface area contributed by atoms with Crippen LogP contribution in [-0.2, 0) is 42.9 Å². The van der Waals surface area contributed by atoms with Crippen molar-refractivity contribution in [3.05, 3.63) is 11.6 Å². The first-order valence-electron chi connectivity index (χ1n) is 11.5. The number of Topliss-reactive ketones (excluding diaryl/α,β-unsaturated/α-hetero) is 1. The van der Waals surface area contributed by atoms with Crippen molar-refractivity contribution < 1.29 is 53.1 Å². The normalized spacial score (nSPS) is 38.7. The standard InChI is InChI=1S/C24H32O11/c1-11(6-7-32-13(3)25)21(29)34-16-9-23(5)17(28)8-15(27)12(2)18(23)20-19(16)24(31,22(30)35-20)10-33-14(4)26/h6,12,16-20,28,31H,7-10H2,1-5H3. The van der Waals surface area contributed by atoms with Gasteiger partial charge in [-0.2, -0.15) is 0 Å². The molecule has 8 atom stereocenters. The highest BCUT2D eigenvalue weighted by atomic mass is 16.6. The number of carbonyl (C=O) groups excluding carboxylic acids is 5. The number of rotatable bonds is 6. The van der Waals surface area contributed by atoms with Crippen LogP contribution in [-0.4, -0.2) is 77.0 Å². The van der Waals surface area contributed by atoms with Crippen LogP contribution in [0.5, 0.6) is 0 Å². The fourth-order valence-corrected chi connectivity index (χ4v) is 5.70. The van der Waals surface area contributed by atoms with Gasteiger partial charge in [-0.15, -0.1) is 0 Å². The second-order valence-corrected chi connectivity index (χ2v) is 9.94. The molecule has 0 aromatic carbocycles. The van der Waals surface area contributed by atoms with E-state index >= 15 is 0 Å². The summed E-state index contributed by atoms with van der Waals surface area (Å²) in [4.78, 5) is 60.7. The molecule has 0 aromatic heterocycles. The molecular weight excluding hydrogens is 464 g/mol. The number of aliphatic hydroxyl groups is 2. The lowest BCUT2D eigenvalue weighted by Crippen LogP contribution is -2.65. The lowest BCUT2D eigenvalue weighted by Gasteiger charge is -2.56. The number of ketones is 1. The van der Waals surface area contributed by atoms with Crippen LogP contribution in [0, 0.1) is 23.2 Å². The summed E-state index contributed by atoms with van der Waals surface area (Å²) >= 11 is 0. The molecule has 11 heteroatoms. The first kappa shape index (κ1) is 26.8. The van der Waals surface area contributed by atoms with Crippen molar-refractivity contribution in [2.45, 2.75) is 71.4 Å². The van der Waals surface area contributed by atoms with E-state index in [4.69, 9.17) is 18.9 Å².